The van der Waals surface area contributed by atoms with E-state index in [2.05, 4.69) is 15.9 Å². The van der Waals surface area contributed by atoms with Crippen molar-refractivity contribution in [2.45, 2.75) is 19.3 Å². The monoisotopic (exact) mass is 296 g/mol. The summed E-state index contributed by atoms with van der Waals surface area (Å²) in [5.41, 5.74) is 0.636. The molecule has 90 valence electrons. The van der Waals surface area contributed by atoms with Crippen LogP contribution in [0.25, 0.3) is 0 Å². The average molecular weight is 297 g/mol. The van der Waals surface area contributed by atoms with E-state index >= 15 is 0 Å². The maximum Gasteiger partial charge on any atom is 0.166 e. The van der Waals surface area contributed by atoms with Gasteiger partial charge < -0.3 is 4.74 Å². The van der Waals surface area contributed by atoms with Crippen LogP contribution in [0.2, 0.25) is 0 Å². The molecular weight excluding hydrogens is 284 g/mol. The highest BCUT2D eigenvalue weighted by molar-refractivity contribution is 9.10. The van der Waals surface area contributed by atoms with Gasteiger partial charge in [-0.25, -0.2) is 0 Å². The van der Waals surface area contributed by atoms with Crippen LogP contribution in [-0.4, -0.2) is 18.7 Å². The highest BCUT2D eigenvalue weighted by Crippen LogP contribution is 2.30. The van der Waals surface area contributed by atoms with E-state index in [0.29, 0.717) is 30.6 Å². The lowest BCUT2D eigenvalue weighted by Gasteiger charge is -2.09. The van der Waals surface area contributed by atoms with Crippen LogP contribution in [-0.2, 0) is 4.79 Å². The highest BCUT2D eigenvalue weighted by Gasteiger charge is 2.29. The van der Waals surface area contributed by atoms with E-state index in [4.69, 9.17) is 4.74 Å². The van der Waals surface area contributed by atoms with Crippen molar-refractivity contribution in [2.75, 3.05) is 7.11 Å². The predicted octanol–water partition coefficient (Wildman–Crippen LogP) is 3.01. The van der Waals surface area contributed by atoms with Gasteiger partial charge in [0.15, 0.2) is 5.78 Å². The summed E-state index contributed by atoms with van der Waals surface area (Å²) < 4.78 is 5.87. The van der Waals surface area contributed by atoms with Crippen LogP contribution in [0, 0.1) is 5.92 Å². The fourth-order valence-corrected chi connectivity index (χ4v) is 2.63. The van der Waals surface area contributed by atoms with E-state index in [-0.39, 0.29) is 17.5 Å². The lowest BCUT2D eigenvalue weighted by Crippen LogP contribution is -2.11. The minimum atomic E-state index is -0.136. The number of Topliss-reactive ketones (excluding diaryl/α,β-unsaturated/α-hetero) is 2. The van der Waals surface area contributed by atoms with Gasteiger partial charge in [-0.1, -0.05) is 0 Å². The molecule has 0 aromatic heterocycles. The van der Waals surface area contributed by atoms with Gasteiger partial charge in [0.2, 0.25) is 0 Å². The van der Waals surface area contributed by atoms with Crippen LogP contribution >= 0.6 is 15.9 Å². The maximum atomic E-state index is 12.1. The fourth-order valence-electron chi connectivity index (χ4n) is 2.09. The van der Waals surface area contributed by atoms with Crippen molar-refractivity contribution in [3.8, 4) is 5.75 Å². The predicted molar refractivity (Wildman–Crippen MR) is 67.4 cm³/mol. The minimum Gasteiger partial charge on any atom is -0.496 e. The molecule has 0 heterocycles. The van der Waals surface area contributed by atoms with Gasteiger partial charge in [-0.05, 0) is 40.5 Å². The minimum absolute atomic E-state index is 0.0548. The van der Waals surface area contributed by atoms with E-state index in [1.165, 1.54) is 0 Å². The molecule has 1 aromatic carbocycles. The second kappa shape index (κ2) is 5.00. The first-order valence-corrected chi connectivity index (χ1v) is 6.30. The molecule has 0 N–H and O–H groups in total. The molecule has 0 saturated heterocycles. The molecular formula is C13H13BrO3. The third kappa shape index (κ3) is 2.57. The number of methoxy groups -OCH3 is 1. The first kappa shape index (κ1) is 12.3. The molecule has 1 unspecified atom stereocenters. The fraction of sp³-hybridized carbons (Fsp3) is 0.385. The molecule has 1 saturated carbocycles. The highest BCUT2D eigenvalue weighted by atomic mass is 79.9. The number of carbonyl (C=O) groups excluding carboxylic acids is 2. The summed E-state index contributed by atoms with van der Waals surface area (Å²) in [7, 11) is 1.58. The molecule has 3 nitrogen and oxygen atoms in total. The molecule has 1 atom stereocenters. The number of ether oxygens (including phenoxy) is 1. The zero-order chi connectivity index (χ0) is 12.4. The van der Waals surface area contributed by atoms with Gasteiger partial charge in [0.25, 0.3) is 0 Å². The molecule has 0 amide bonds. The number of benzene rings is 1. The number of hydrogen-bond donors (Lipinski definition) is 0. The van der Waals surface area contributed by atoms with E-state index in [0.717, 1.165) is 4.47 Å². The van der Waals surface area contributed by atoms with Crippen molar-refractivity contribution >= 4 is 27.5 Å². The van der Waals surface area contributed by atoms with Gasteiger partial charge in [0.1, 0.15) is 11.5 Å². The summed E-state index contributed by atoms with van der Waals surface area (Å²) in [6.45, 7) is 0. The van der Waals surface area contributed by atoms with Gasteiger partial charge in [-0.2, -0.15) is 0 Å². The Balaban J connectivity index is 2.20. The quantitative estimate of drug-likeness (QED) is 0.805. The van der Waals surface area contributed by atoms with E-state index < -0.39 is 0 Å². The first-order chi connectivity index (χ1) is 8.11. The normalized spacial score (nSPS) is 19.4. The van der Waals surface area contributed by atoms with Crippen LogP contribution in [0.4, 0.5) is 0 Å². The van der Waals surface area contributed by atoms with Crippen LogP contribution in [0.1, 0.15) is 29.6 Å². The Bertz CT molecular complexity index is 468. The molecule has 1 fully saturated rings. The second-order valence-corrected chi connectivity index (χ2v) is 5.05. The Hall–Kier alpha value is -1.16. The van der Waals surface area contributed by atoms with Crippen molar-refractivity contribution in [1.29, 1.82) is 0 Å². The lowest BCUT2D eigenvalue weighted by molar-refractivity contribution is -0.117. The summed E-state index contributed by atoms with van der Waals surface area (Å²) in [5.74, 6) is 0.807. The van der Waals surface area contributed by atoms with Gasteiger partial charge >= 0.3 is 0 Å². The Morgan fingerprint density at radius 3 is 2.76 bits per heavy atom. The van der Waals surface area contributed by atoms with Crippen LogP contribution in [0.15, 0.2) is 22.7 Å². The summed E-state index contributed by atoms with van der Waals surface area (Å²) in [4.78, 5) is 23.3. The molecule has 4 heteroatoms. The smallest absolute Gasteiger partial charge is 0.166 e. The van der Waals surface area contributed by atoms with Crippen LogP contribution < -0.4 is 4.74 Å². The third-order valence-corrected chi connectivity index (χ3v) is 3.67. The summed E-state index contributed by atoms with van der Waals surface area (Å²) in [6, 6.07) is 5.26. The topological polar surface area (TPSA) is 43.4 Å². The standard InChI is InChI=1S/C13H13BrO3/c1-17-12-5-3-9(7-11(12)14)13(16)8-2-4-10(15)6-8/h3,5,7-8H,2,4,6H2,1H3. The number of rotatable bonds is 3. The summed E-state index contributed by atoms with van der Waals surface area (Å²) >= 11 is 3.35. The zero-order valence-corrected chi connectivity index (χ0v) is 11.1. The number of halogens is 1. The van der Waals surface area contributed by atoms with Crippen molar-refractivity contribution in [3.63, 3.8) is 0 Å². The number of carbonyl (C=O) groups is 2. The van der Waals surface area contributed by atoms with Gasteiger partial charge in [0, 0.05) is 24.3 Å². The Labute approximate surface area is 108 Å². The number of hydrogen-bond acceptors (Lipinski definition) is 3. The number of ketones is 2. The van der Waals surface area contributed by atoms with Crippen molar-refractivity contribution in [1.82, 2.24) is 0 Å². The molecule has 17 heavy (non-hydrogen) atoms. The van der Waals surface area contributed by atoms with Gasteiger partial charge in [-0.15, -0.1) is 0 Å². The van der Waals surface area contributed by atoms with E-state index in [1.54, 1.807) is 25.3 Å². The molecule has 0 aliphatic heterocycles. The Morgan fingerprint density at radius 1 is 1.47 bits per heavy atom. The van der Waals surface area contributed by atoms with Crippen molar-refractivity contribution in [2.24, 2.45) is 5.92 Å². The third-order valence-electron chi connectivity index (χ3n) is 3.05. The second-order valence-electron chi connectivity index (χ2n) is 4.19. The Kier molecular flexibility index (Phi) is 3.62. The van der Waals surface area contributed by atoms with Crippen molar-refractivity contribution < 1.29 is 14.3 Å². The molecule has 0 spiro atoms. The molecule has 2 rings (SSSR count). The maximum absolute atomic E-state index is 12.1. The van der Waals surface area contributed by atoms with E-state index in [1.807, 2.05) is 0 Å². The Morgan fingerprint density at radius 2 is 2.24 bits per heavy atom. The zero-order valence-electron chi connectivity index (χ0n) is 9.53. The molecule has 0 bridgehead atoms. The summed E-state index contributed by atoms with van der Waals surface area (Å²) in [5, 5.41) is 0. The van der Waals surface area contributed by atoms with Gasteiger partial charge in [-0.3, -0.25) is 9.59 Å². The lowest BCUT2D eigenvalue weighted by atomic mass is 9.96. The van der Waals surface area contributed by atoms with Gasteiger partial charge in [0.05, 0.1) is 11.6 Å². The largest absolute Gasteiger partial charge is 0.496 e. The van der Waals surface area contributed by atoms with Crippen LogP contribution in [0.5, 0.6) is 5.75 Å². The molecule has 1 aromatic rings. The first-order valence-electron chi connectivity index (χ1n) is 5.51. The molecule has 1 aliphatic carbocycles. The van der Waals surface area contributed by atoms with E-state index in [9.17, 15) is 9.59 Å². The SMILES string of the molecule is COc1ccc(C(=O)C2CCC(=O)C2)cc1Br. The van der Waals surface area contributed by atoms with Crippen LogP contribution in [0.3, 0.4) is 0 Å². The molecule has 1 aliphatic rings. The van der Waals surface area contributed by atoms with Crippen molar-refractivity contribution in [3.05, 3.63) is 28.2 Å². The summed E-state index contributed by atoms with van der Waals surface area (Å²) in [6.07, 6.45) is 1.61. The average Bonchev–Trinajstić information content (AvgIpc) is 2.75. The molecule has 0 radical (unpaired) electrons.